The molecule has 0 aliphatic heterocycles. The zero-order valence-electron chi connectivity index (χ0n) is 10.7. The molecule has 0 amide bonds. The molecular formula is C14H14FNO2S. The third-order valence-electron chi connectivity index (χ3n) is 2.88. The van der Waals surface area contributed by atoms with E-state index in [1.54, 1.807) is 17.4 Å². The lowest BCUT2D eigenvalue weighted by Gasteiger charge is -2.06. The Labute approximate surface area is 114 Å². The van der Waals surface area contributed by atoms with E-state index < -0.39 is 11.8 Å². The maximum atomic E-state index is 13.5. The molecule has 3 nitrogen and oxygen atoms in total. The molecule has 100 valence electrons. The van der Waals surface area contributed by atoms with E-state index in [1.165, 1.54) is 22.6 Å². The smallest absolute Gasteiger partial charge is 0.338 e. The Hall–Kier alpha value is -1.88. The summed E-state index contributed by atoms with van der Waals surface area (Å²) in [5.74, 6) is -1.98. The maximum absolute atomic E-state index is 13.5. The molecular weight excluding hydrogens is 265 g/mol. The van der Waals surface area contributed by atoms with Crippen LogP contribution < -0.4 is 5.32 Å². The van der Waals surface area contributed by atoms with Crippen LogP contribution in [-0.4, -0.2) is 11.1 Å². The summed E-state index contributed by atoms with van der Waals surface area (Å²) < 4.78 is 13.5. The first-order valence-corrected chi connectivity index (χ1v) is 6.61. The summed E-state index contributed by atoms with van der Waals surface area (Å²) in [6, 6.07) is 6.14. The van der Waals surface area contributed by atoms with Crippen molar-refractivity contribution in [2.24, 2.45) is 0 Å². The van der Waals surface area contributed by atoms with Gasteiger partial charge in [-0.2, -0.15) is 0 Å². The minimum atomic E-state index is -1.26. The lowest BCUT2D eigenvalue weighted by molar-refractivity contribution is 0.0692. The van der Waals surface area contributed by atoms with Gasteiger partial charge in [-0.15, -0.1) is 11.3 Å². The molecule has 0 atom stereocenters. The number of aromatic carboxylic acids is 1. The van der Waals surface area contributed by atoms with Crippen molar-refractivity contribution in [3.63, 3.8) is 0 Å². The number of carboxylic acids is 1. The van der Waals surface area contributed by atoms with Crippen LogP contribution in [0.5, 0.6) is 0 Å². The molecule has 2 rings (SSSR count). The Balaban J connectivity index is 2.08. The summed E-state index contributed by atoms with van der Waals surface area (Å²) in [5.41, 5.74) is 1.51. The standard InChI is InChI=1S/C14H14FNO2S/c1-8-5-11(19-9(8)2)7-16-10-3-4-12(14(17)18)13(15)6-10/h3-6,16H,7H2,1-2H3,(H,17,18). The summed E-state index contributed by atoms with van der Waals surface area (Å²) >= 11 is 1.70. The minimum Gasteiger partial charge on any atom is -0.478 e. The Bertz CT molecular complexity index is 602. The second-order valence-electron chi connectivity index (χ2n) is 4.31. The Morgan fingerprint density at radius 2 is 2.11 bits per heavy atom. The Morgan fingerprint density at radius 3 is 2.63 bits per heavy atom. The van der Waals surface area contributed by atoms with E-state index >= 15 is 0 Å². The number of thiophene rings is 1. The third kappa shape index (κ3) is 3.12. The van der Waals surface area contributed by atoms with Gasteiger partial charge in [0, 0.05) is 22.0 Å². The summed E-state index contributed by atoms with van der Waals surface area (Å²) in [6.45, 7) is 4.71. The molecule has 1 aromatic carbocycles. The second-order valence-corrected chi connectivity index (χ2v) is 5.65. The first kappa shape index (κ1) is 13.5. The zero-order valence-corrected chi connectivity index (χ0v) is 11.5. The van der Waals surface area contributed by atoms with Crippen molar-refractivity contribution < 1.29 is 14.3 Å². The highest BCUT2D eigenvalue weighted by Gasteiger charge is 2.10. The number of anilines is 1. The van der Waals surface area contributed by atoms with Crippen LogP contribution in [0.1, 0.15) is 25.7 Å². The number of hydrogen-bond donors (Lipinski definition) is 2. The van der Waals surface area contributed by atoms with Crippen molar-refractivity contribution >= 4 is 23.0 Å². The van der Waals surface area contributed by atoms with E-state index in [0.29, 0.717) is 12.2 Å². The average Bonchev–Trinajstić information content (AvgIpc) is 2.66. The van der Waals surface area contributed by atoms with Crippen molar-refractivity contribution in [2.45, 2.75) is 20.4 Å². The molecule has 0 bridgehead atoms. The monoisotopic (exact) mass is 279 g/mol. The van der Waals surface area contributed by atoms with E-state index in [-0.39, 0.29) is 5.56 Å². The van der Waals surface area contributed by atoms with E-state index in [1.807, 2.05) is 0 Å². The normalized spacial score (nSPS) is 10.5. The molecule has 2 N–H and O–H groups in total. The first-order valence-electron chi connectivity index (χ1n) is 5.80. The average molecular weight is 279 g/mol. The predicted molar refractivity (Wildman–Crippen MR) is 74.5 cm³/mol. The number of nitrogens with one attached hydrogen (secondary N) is 1. The number of aryl methyl sites for hydroxylation is 2. The molecule has 0 aliphatic rings. The second kappa shape index (κ2) is 5.40. The van der Waals surface area contributed by atoms with Crippen LogP contribution in [0.4, 0.5) is 10.1 Å². The molecule has 0 radical (unpaired) electrons. The largest absolute Gasteiger partial charge is 0.478 e. The van der Waals surface area contributed by atoms with Gasteiger partial charge in [-0.05, 0) is 43.7 Å². The van der Waals surface area contributed by atoms with Crippen molar-refractivity contribution in [3.05, 3.63) is 51.0 Å². The van der Waals surface area contributed by atoms with E-state index in [2.05, 4.69) is 25.2 Å². The SMILES string of the molecule is Cc1cc(CNc2ccc(C(=O)O)c(F)c2)sc1C. The van der Waals surface area contributed by atoms with Crippen LogP contribution in [0.2, 0.25) is 0 Å². The van der Waals surface area contributed by atoms with Crippen LogP contribution in [0.25, 0.3) is 0 Å². The highest BCUT2D eigenvalue weighted by atomic mass is 32.1. The molecule has 1 aromatic heterocycles. The lowest BCUT2D eigenvalue weighted by atomic mass is 10.2. The summed E-state index contributed by atoms with van der Waals surface area (Å²) in [4.78, 5) is 13.1. The summed E-state index contributed by atoms with van der Waals surface area (Å²) in [6.07, 6.45) is 0. The highest BCUT2D eigenvalue weighted by molar-refractivity contribution is 7.12. The molecule has 5 heteroatoms. The molecule has 0 saturated carbocycles. The fourth-order valence-electron chi connectivity index (χ4n) is 1.72. The maximum Gasteiger partial charge on any atom is 0.338 e. The van der Waals surface area contributed by atoms with Gasteiger partial charge in [-0.1, -0.05) is 0 Å². The molecule has 19 heavy (non-hydrogen) atoms. The van der Waals surface area contributed by atoms with Crippen LogP contribution in [0.15, 0.2) is 24.3 Å². The van der Waals surface area contributed by atoms with E-state index in [9.17, 15) is 9.18 Å². The number of rotatable bonds is 4. The zero-order chi connectivity index (χ0) is 14.0. The number of hydrogen-bond acceptors (Lipinski definition) is 3. The van der Waals surface area contributed by atoms with Gasteiger partial charge < -0.3 is 10.4 Å². The Morgan fingerprint density at radius 1 is 1.37 bits per heavy atom. The van der Waals surface area contributed by atoms with Crippen LogP contribution in [0, 0.1) is 19.7 Å². The predicted octanol–water partition coefficient (Wildman–Crippen LogP) is 3.81. The van der Waals surface area contributed by atoms with Gasteiger partial charge in [-0.3, -0.25) is 0 Å². The van der Waals surface area contributed by atoms with Crippen LogP contribution >= 0.6 is 11.3 Å². The van der Waals surface area contributed by atoms with Gasteiger partial charge in [0.2, 0.25) is 0 Å². The van der Waals surface area contributed by atoms with Gasteiger partial charge >= 0.3 is 5.97 Å². The minimum absolute atomic E-state index is 0.312. The van der Waals surface area contributed by atoms with Crippen molar-refractivity contribution in [3.8, 4) is 0 Å². The topological polar surface area (TPSA) is 49.3 Å². The summed E-state index contributed by atoms with van der Waals surface area (Å²) in [7, 11) is 0. The van der Waals surface area contributed by atoms with Crippen LogP contribution in [0.3, 0.4) is 0 Å². The van der Waals surface area contributed by atoms with Gasteiger partial charge in [-0.25, -0.2) is 9.18 Å². The van der Waals surface area contributed by atoms with Gasteiger partial charge in [0.15, 0.2) is 0 Å². The molecule has 0 saturated heterocycles. The fourth-order valence-corrected chi connectivity index (χ4v) is 2.72. The number of carbonyl (C=O) groups is 1. The van der Waals surface area contributed by atoms with Gasteiger partial charge in [0.25, 0.3) is 0 Å². The third-order valence-corrected chi connectivity index (χ3v) is 4.04. The molecule has 0 spiro atoms. The number of benzene rings is 1. The number of halogens is 1. The van der Waals surface area contributed by atoms with E-state index in [0.717, 1.165) is 4.88 Å². The number of carboxylic acid groups (broad SMARTS) is 1. The van der Waals surface area contributed by atoms with Crippen molar-refractivity contribution in [1.82, 2.24) is 0 Å². The Kier molecular flexibility index (Phi) is 3.85. The molecule has 1 heterocycles. The van der Waals surface area contributed by atoms with Crippen molar-refractivity contribution in [2.75, 3.05) is 5.32 Å². The molecule has 2 aromatic rings. The molecule has 0 fully saturated rings. The fraction of sp³-hybridized carbons (Fsp3) is 0.214. The summed E-state index contributed by atoms with van der Waals surface area (Å²) in [5, 5.41) is 11.8. The van der Waals surface area contributed by atoms with E-state index in [4.69, 9.17) is 5.11 Å². The van der Waals surface area contributed by atoms with Gasteiger partial charge in [0.05, 0.1) is 5.56 Å². The van der Waals surface area contributed by atoms with Gasteiger partial charge in [0.1, 0.15) is 5.82 Å². The quantitative estimate of drug-likeness (QED) is 0.894. The lowest BCUT2D eigenvalue weighted by Crippen LogP contribution is -2.03. The highest BCUT2D eigenvalue weighted by Crippen LogP contribution is 2.22. The molecule has 0 aliphatic carbocycles. The first-order chi connectivity index (χ1) is 8.97. The van der Waals surface area contributed by atoms with Crippen molar-refractivity contribution in [1.29, 1.82) is 0 Å². The van der Waals surface area contributed by atoms with Crippen LogP contribution in [-0.2, 0) is 6.54 Å². The molecule has 0 unspecified atom stereocenters.